The summed E-state index contributed by atoms with van der Waals surface area (Å²) in [6, 6.07) is 11.1. The van der Waals surface area contributed by atoms with Gasteiger partial charge < -0.3 is 18.8 Å². The van der Waals surface area contributed by atoms with Gasteiger partial charge in [0.15, 0.2) is 0 Å². The van der Waals surface area contributed by atoms with E-state index >= 15 is 0 Å². The number of sulfonamides is 1. The van der Waals surface area contributed by atoms with Gasteiger partial charge in [-0.3, -0.25) is 0 Å². The number of rotatable bonds is 7. The number of aromatic nitrogens is 1. The van der Waals surface area contributed by atoms with Gasteiger partial charge in [-0.05, 0) is 42.5 Å². The van der Waals surface area contributed by atoms with E-state index in [1.165, 1.54) is 37.7 Å². The standard InChI is InChI=1S/C19H20N2O6S2/c1-25-11-10-21-16-9-4-13(18(22)27-3)12-17(16)28-19(21)20-29(23,24)15-7-5-14(26-2)6-8-15/h4-9,12H,10-11H2,1-3H3/b20-19-. The Morgan fingerprint density at radius 1 is 1.10 bits per heavy atom. The number of hydrogen-bond acceptors (Lipinski definition) is 7. The average molecular weight is 437 g/mol. The summed E-state index contributed by atoms with van der Waals surface area (Å²) in [5.41, 5.74) is 1.13. The molecule has 10 heteroatoms. The molecule has 3 rings (SSSR count). The summed E-state index contributed by atoms with van der Waals surface area (Å²) < 4.78 is 47.1. The van der Waals surface area contributed by atoms with Crippen LogP contribution < -0.4 is 9.54 Å². The number of fused-ring (bicyclic) bond motifs is 1. The van der Waals surface area contributed by atoms with Crippen molar-refractivity contribution < 1.29 is 27.4 Å². The number of ether oxygens (including phenoxy) is 3. The van der Waals surface area contributed by atoms with E-state index in [-0.39, 0.29) is 9.70 Å². The van der Waals surface area contributed by atoms with E-state index in [4.69, 9.17) is 14.2 Å². The number of carbonyl (C=O) groups is 1. The maximum atomic E-state index is 12.8. The van der Waals surface area contributed by atoms with Gasteiger partial charge in [-0.2, -0.15) is 8.42 Å². The minimum absolute atomic E-state index is 0.0595. The fourth-order valence-electron chi connectivity index (χ4n) is 2.69. The van der Waals surface area contributed by atoms with Crippen molar-refractivity contribution >= 4 is 37.5 Å². The highest BCUT2D eigenvalue weighted by Crippen LogP contribution is 2.21. The van der Waals surface area contributed by atoms with Gasteiger partial charge in [0.25, 0.3) is 10.0 Å². The third-order valence-electron chi connectivity index (χ3n) is 4.18. The molecule has 0 aliphatic rings. The number of carbonyl (C=O) groups excluding carboxylic acids is 1. The van der Waals surface area contributed by atoms with Gasteiger partial charge in [-0.25, -0.2) is 4.79 Å². The molecule has 3 aromatic rings. The largest absolute Gasteiger partial charge is 0.497 e. The fraction of sp³-hybridized carbons (Fsp3) is 0.263. The summed E-state index contributed by atoms with van der Waals surface area (Å²) in [4.78, 5) is 12.2. The van der Waals surface area contributed by atoms with Crippen LogP contribution in [0.4, 0.5) is 0 Å². The lowest BCUT2D eigenvalue weighted by molar-refractivity contribution is 0.0601. The van der Waals surface area contributed by atoms with Crippen LogP contribution in [0.25, 0.3) is 10.2 Å². The van der Waals surface area contributed by atoms with Crippen molar-refractivity contribution in [2.24, 2.45) is 4.40 Å². The Labute approximate surface area is 172 Å². The first-order valence-electron chi connectivity index (χ1n) is 8.55. The van der Waals surface area contributed by atoms with Gasteiger partial charge >= 0.3 is 5.97 Å². The van der Waals surface area contributed by atoms with E-state index in [9.17, 15) is 13.2 Å². The summed E-state index contributed by atoms with van der Waals surface area (Å²) in [5.74, 6) is 0.0874. The van der Waals surface area contributed by atoms with Crippen LogP contribution in [0.1, 0.15) is 10.4 Å². The second-order valence-electron chi connectivity index (χ2n) is 5.95. The van der Waals surface area contributed by atoms with Crippen LogP contribution in [0, 0.1) is 0 Å². The van der Waals surface area contributed by atoms with E-state index in [2.05, 4.69) is 4.40 Å². The molecule has 0 saturated carbocycles. The Bertz CT molecular complexity index is 1190. The Kier molecular flexibility index (Phi) is 6.36. The van der Waals surface area contributed by atoms with Gasteiger partial charge in [-0.15, -0.1) is 4.40 Å². The molecule has 29 heavy (non-hydrogen) atoms. The maximum Gasteiger partial charge on any atom is 0.337 e. The van der Waals surface area contributed by atoms with Crippen molar-refractivity contribution in [1.82, 2.24) is 4.57 Å². The molecule has 8 nitrogen and oxygen atoms in total. The van der Waals surface area contributed by atoms with Crippen LogP contribution in [0.5, 0.6) is 5.75 Å². The smallest absolute Gasteiger partial charge is 0.337 e. The molecule has 1 heterocycles. The Morgan fingerprint density at radius 2 is 1.83 bits per heavy atom. The number of esters is 1. The molecule has 0 radical (unpaired) electrons. The molecule has 154 valence electrons. The van der Waals surface area contributed by atoms with Crippen molar-refractivity contribution in [2.45, 2.75) is 11.4 Å². The van der Waals surface area contributed by atoms with Crippen molar-refractivity contribution in [3.8, 4) is 5.75 Å². The molecule has 0 N–H and O–H groups in total. The second kappa shape index (κ2) is 8.76. The van der Waals surface area contributed by atoms with Crippen molar-refractivity contribution in [2.75, 3.05) is 27.9 Å². The predicted octanol–water partition coefficient (Wildman–Crippen LogP) is 2.43. The van der Waals surface area contributed by atoms with Crippen LogP contribution in [0.3, 0.4) is 0 Å². The topological polar surface area (TPSA) is 96.2 Å². The molecule has 0 aliphatic carbocycles. The van der Waals surface area contributed by atoms with Crippen LogP contribution in [-0.2, 0) is 26.0 Å². The van der Waals surface area contributed by atoms with E-state index < -0.39 is 16.0 Å². The molecule has 0 spiro atoms. The maximum absolute atomic E-state index is 12.8. The first-order valence-corrected chi connectivity index (χ1v) is 10.8. The molecule has 1 aromatic heterocycles. The van der Waals surface area contributed by atoms with Crippen molar-refractivity contribution in [3.63, 3.8) is 0 Å². The van der Waals surface area contributed by atoms with Gasteiger partial charge in [-0.1, -0.05) is 11.3 Å². The highest BCUT2D eigenvalue weighted by molar-refractivity contribution is 7.90. The van der Waals surface area contributed by atoms with Crippen LogP contribution in [0.2, 0.25) is 0 Å². The summed E-state index contributed by atoms with van der Waals surface area (Å²) in [6.07, 6.45) is 0. The highest BCUT2D eigenvalue weighted by atomic mass is 32.2. The molecule has 0 amide bonds. The van der Waals surface area contributed by atoms with Gasteiger partial charge in [0, 0.05) is 13.7 Å². The third kappa shape index (κ3) is 4.50. The highest BCUT2D eigenvalue weighted by Gasteiger charge is 2.16. The fourth-order valence-corrected chi connectivity index (χ4v) is 4.99. The monoisotopic (exact) mass is 436 g/mol. The Morgan fingerprint density at radius 3 is 2.45 bits per heavy atom. The number of benzene rings is 2. The summed E-state index contributed by atoms with van der Waals surface area (Å²) in [7, 11) is 0.441. The molecule has 0 saturated heterocycles. The number of nitrogens with zero attached hydrogens (tertiary/aromatic N) is 2. The Balaban J connectivity index is 2.15. The molecule has 0 fully saturated rings. The molecule has 0 bridgehead atoms. The number of methoxy groups -OCH3 is 3. The summed E-state index contributed by atoms with van der Waals surface area (Å²) in [6.45, 7) is 0.783. The lowest BCUT2D eigenvalue weighted by atomic mass is 10.2. The zero-order valence-electron chi connectivity index (χ0n) is 16.1. The van der Waals surface area contributed by atoms with E-state index in [0.717, 1.165) is 5.52 Å². The third-order valence-corrected chi connectivity index (χ3v) is 6.62. The second-order valence-corrected chi connectivity index (χ2v) is 8.56. The SMILES string of the molecule is COCCn1/c(=N/S(=O)(=O)c2ccc(OC)cc2)sc2cc(C(=O)OC)ccc21. The quantitative estimate of drug-likeness (QED) is 0.528. The molecule has 0 aliphatic heterocycles. The first-order chi connectivity index (χ1) is 13.9. The molecular weight excluding hydrogens is 416 g/mol. The molecule has 0 unspecified atom stereocenters. The number of hydrogen-bond donors (Lipinski definition) is 0. The zero-order chi connectivity index (χ0) is 21.0. The zero-order valence-corrected chi connectivity index (χ0v) is 17.7. The molecule has 2 aromatic carbocycles. The minimum Gasteiger partial charge on any atom is -0.497 e. The predicted molar refractivity (Wildman–Crippen MR) is 109 cm³/mol. The average Bonchev–Trinajstić information content (AvgIpc) is 3.06. The Hall–Kier alpha value is -2.69. The van der Waals surface area contributed by atoms with Crippen LogP contribution >= 0.6 is 11.3 Å². The summed E-state index contributed by atoms with van der Waals surface area (Å²) in [5, 5.41) is 0. The van der Waals surface area contributed by atoms with Gasteiger partial charge in [0.2, 0.25) is 4.80 Å². The lowest BCUT2D eigenvalue weighted by Crippen LogP contribution is -2.19. The molecule has 0 atom stereocenters. The van der Waals surface area contributed by atoms with Crippen LogP contribution in [-0.4, -0.2) is 46.9 Å². The minimum atomic E-state index is -3.94. The molecular formula is C19H20N2O6S2. The normalized spacial score (nSPS) is 12.3. The lowest BCUT2D eigenvalue weighted by Gasteiger charge is -2.05. The van der Waals surface area contributed by atoms with E-state index in [1.54, 1.807) is 42.0 Å². The van der Waals surface area contributed by atoms with Crippen molar-refractivity contribution in [3.05, 3.63) is 52.8 Å². The summed E-state index contributed by atoms with van der Waals surface area (Å²) >= 11 is 1.17. The van der Waals surface area contributed by atoms with Gasteiger partial charge in [0.1, 0.15) is 5.75 Å². The van der Waals surface area contributed by atoms with E-state index in [0.29, 0.717) is 29.2 Å². The van der Waals surface area contributed by atoms with Gasteiger partial charge in [0.05, 0.1) is 41.5 Å². The first kappa shape index (κ1) is 21.0. The van der Waals surface area contributed by atoms with Crippen molar-refractivity contribution in [1.29, 1.82) is 0 Å². The van der Waals surface area contributed by atoms with E-state index in [1.807, 2.05) is 0 Å². The van der Waals surface area contributed by atoms with Crippen LogP contribution in [0.15, 0.2) is 51.8 Å². The number of thiazole rings is 1.